The number of thiophene rings is 1. The normalized spacial score (nSPS) is 22.8. The Hall–Kier alpha value is -1.84. The smallest absolute Gasteiger partial charge is 0.326 e. The molecular formula is C14H18N6O2S. The highest BCUT2D eigenvalue weighted by Gasteiger charge is 2.27. The molecule has 2 aromatic heterocycles. The fraction of sp³-hybridized carbons (Fsp3) is 0.571. The van der Waals surface area contributed by atoms with Crippen molar-refractivity contribution >= 4 is 32.4 Å². The van der Waals surface area contributed by atoms with Crippen LogP contribution in [0.4, 0.5) is 10.8 Å². The molecule has 9 heteroatoms. The lowest BCUT2D eigenvalue weighted by Crippen LogP contribution is -2.51. The van der Waals surface area contributed by atoms with Gasteiger partial charge in [-0.15, -0.1) is 0 Å². The van der Waals surface area contributed by atoms with Crippen molar-refractivity contribution in [3.05, 3.63) is 22.5 Å². The van der Waals surface area contributed by atoms with Crippen molar-refractivity contribution in [3.8, 4) is 0 Å². The molecule has 2 saturated heterocycles. The van der Waals surface area contributed by atoms with E-state index < -0.39 is 0 Å². The molecule has 122 valence electrons. The number of hydrogen-bond donors (Lipinski definition) is 1. The van der Waals surface area contributed by atoms with Crippen LogP contribution >= 0.6 is 11.3 Å². The molecule has 4 heterocycles. The van der Waals surface area contributed by atoms with Gasteiger partial charge >= 0.3 is 5.00 Å². The molecule has 4 rings (SSSR count). The van der Waals surface area contributed by atoms with E-state index in [2.05, 4.69) is 25.1 Å². The number of nitrogens with zero attached hydrogens (tertiary/aromatic N) is 5. The van der Waals surface area contributed by atoms with E-state index in [0.717, 1.165) is 61.8 Å². The Labute approximate surface area is 137 Å². The zero-order valence-electron chi connectivity index (χ0n) is 12.6. The maximum atomic E-state index is 11.0. The van der Waals surface area contributed by atoms with E-state index >= 15 is 0 Å². The molecule has 1 N–H and O–H groups in total. The Morgan fingerprint density at radius 2 is 2.13 bits per heavy atom. The molecule has 1 unspecified atom stereocenters. The molecule has 0 bridgehead atoms. The van der Waals surface area contributed by atoms with Gasteiger partial charge < -0.3 is 10.2 Å². The molecule has 1 atom stereocenters. The SMILES string of the molecule is O=[N+]([O-])c1cc2c(N3CCN(C4CCNC4)CC3)ncnc2s1. The second-order valence-electron chi connectivity index (χ2n) is 5.93. The predicted molar refractivity (Wildman–Crippen MR) is 89.1 cm³/mol. The van der Waals surface area contributed by atoms with E-state index in [1.165, 1.54) is 12.7 Å². The third kappa shape index (κ3) is 2.75. The zero-order valence-corrected chi connectivity index (χ0v) is 13.5. The number of piperazine rings is 1. The molecule has 0 amide bonds. The number of anilines is 1. The van der Waals surface area contributed by atoms with Crippen LogP contribution in [0.15, 0.2) is 12.4 Å². The number of nitrogens with one attached hydrogen (secondary N) is 1. The van der Waals surface area contributed by atoms with Gasteiger partial charge in [0.05, 0.1) is 10.3 Å². The summed E-state index contributed by atoms with van der Waals surface area (Å²) in [6.45, 7) is 5.98. The van der Waals surface area contributed by atoms with Crippen LogP contribution in [0.5, 0.6) is 0 Å². The van der Waals surface area contributed by atoms with Crippen LogP contribution in [0.3, 0.4) is 0 Å². The van der Waals surface area contributed by atoms with Crippen molar-refractivity contribution in [2.45, 2.75) is 12.5 Å². The standard InChI is InChI=1S/C14H18N6O2S/c21-20(22)12-7-11-13(16-9-17-14(11)23-12)19-5-3-18(4-6-19)10-1-2-15-8-10/h7,9-10,15H,1-6,8H2. The zero-order chi connectivity index (χ0) is 15.8. The number of hydrogen-bond acceptors (Lipinski definition) is 8. The summed E-state index contributed by atoms with van der Waals surface area (Å²) in [5.41, 5.74) is 0. The van der Waals surface area contributed by atoms with Gasteiger partial charge in [0.2, 0.25) is 0 Å². The lowest BCUT2D eigenvalue weighted by molar-refractivity contribution is -0.380. The monoisotopic (exact) mass is 334 g/mol. The molecule has 0 aliphatic carbocycles. The van der Waals surface area contributed by atoms with Crippen LogP contribution in [0.2, 0.25) is 0 Å². The third-order valence-electron chi connectivity index (χ3n) is 4.64. The summed E-state index contributed by atoms with van der Waals surface area (Å²) in [6, 6.07) is 2.24. The van der Waals surface area contributed by atoms with Crippen molar-refractivity contribution in [2.24, 2.45) is 0 Å². The van der Waals surface area contributed by atoms with Gasteiger partial charge in [0, 0.05) is 44.8 Å². The molecular weight excluding hydrogens is 316 g/mol. The second-order valence-corrected chi connectivity index (χ2v) is 6.94. The lowest BCUT2D eigenvalue weighted by Gasteiger charge is -2.38. The van der Waals surface area contributed by atoms with Gasteiger partial charge in [0.15, 0.2) is 0 Å². The van der Waals surface area contributed by atoms with Gasteiger partial charge in [0.25, 0.3) is 0 Å². The molecule has 0 saturated carbocycles. The summed E-state index contributed by atoms with van der Waals surface area (Å²) in [5, 5.41) is 15.3. The number of aromatic nitrogens is 2. The van der Waals surface area contributed by atoms with Crippen LogP contribution in [0.1, 0.15) is 6.42 Å². The van der Waals surface area contributed by atoms with E-state index in [0.29, 0.717) is 10.9 Å². The van der Waals surface area contributed by atoms with Crippen LogP contribution in [0.25, 0.3) is 10.2 Å². The molecule has 2 aliphatic rings. The van der Waals surface area contributed by atoms with Gasteiger partial charge in [-0.05, 0) is 24.3 Å². The predicted octanol–water partition coefficient (Wildman–Crippen LogP) is 1.08. The Morgan fingerprint density at radius 1 is 1.30 bits per heavy atom. The van der Waals surface area contributed by atoms with E-state index in [1.54, 1.807) is 6.07 Å². The van der Waals surface area contributed by atoms with Crippen molar-refractivity contribution in [3.63, 3.8) is 0 Å². The summed E-state index contributed by atoms with van der Waals surface area (Å²) >= 11 is 1.11. The first-order valence-electron chi connectivity index (χ1n) is 7.81. The van der Waals surface area contributed by atoms with E-state index in [4.69, 9.17) is 0 Å². The molecule has 0 spiro atoms. The largest absolute Gasteiger partial charge is 0.353 e. The summed E-state index contributed by atoms with van der Waals surface area (Å²) in [6.07, 6.45) is 2.72. The van der Waals surface area contributed by atoms with Crippen LogP contribution in [-0.4, -0.2) is 65.1 Å². The van der Waals surface area contributed by atoms with Crippen molar-refractivity contribution in [2.75, 3.05) is 44.2 Å². The highest BCUT2D eigenvalue weighted by Crippen LogP contribution is 2.34. The average molecular weight is 334 g/mol. The second kappa shape index (κ2) is 5.99. The molecule has 2 fully saturated rings. The summed E-state index contributed by atoms with van der Waals surface area (Å²) in [5.74, 6) is 0.823. The van der Waals surface area contributed by atoms with E-state index in [9.17, 15) is 10.1 Å². The molecule has 8 nitrogen and oxygen atoms in total. The molecule has 0 radical (unpaired) electrons. The molecule has 0 aromatic carbocycles. The third-order valence-corrected chi connectivity index (χ3v) is 5.63. The number of nitro groups is 1. The van der Waals surface area contributed by atoms with Crippen LogP contribution < -0.4 is 10.2 Å². The van der Waals surface area contributed by atoms with Crippen molar-refractivity contribution in [1.82, 2.24) is 20.2 Å². The maximum Gasteiger partial charge on any atom is 0.326 e. The highest BCUT2D eigenvalue weighted by molar-refractivity contribution is 7.21. The quantitative estimate of drug-likeness (QED) is 0.664. The number of rotatable bonds is 3. The van der Waals surface area contributed by atoms with Gasteiger partial charge in [-0.25, -0.2) is 9.97 Å². The fourth-order valence-corrected chi connectivity index (χ4v) is 4.23. The Balaban J connectivity index is 1.54. The number of fused-ring (bicyclic) bond motifs is 1. The maximum absolute atomic E-state index is 11.0. The Kier molecular flexibility index (Phi) is 3.83. The minimum atomic E-state index is -0.360. The molecule has 2 aromatic rings. The first-order valence-corrected chi connectivity index (χ1v) is 8.62. The lowest BCUT2D eigenvalue weighted by atomic mass is 10.2. The minimum Gasteiger partial charge on any atom is -0.353 e. The summed E-state index contributed by atoms with van der Waals surface area (Å²) in [7, 11) is 0. The van der Waals surface area contributed by atoms with E-state index in [-0.39, 0.29) is 9.92 Å². The minimum absolute atomic E-state index is 0.123. The van der Waals surface area contributed by atoms with Crippen LogP contribution in [-0.2, 0) is 0 Å². The molecule has 2 aliphatic heterocycles. The first kappa shape index (κ1) is 14.7. The van der Waals surface area contributed by atoms with Crippen LogP contribution in [0, 0.1) is 10.1 Å². The van der Waals surface area contributed by atoms with Gasteiger partial charge in [-0.1, -0.05) is 0 Å². The van der Waals surface area contributed by atoms with Gasteiger partial charge in [-0.3, -0.25) is 15.0 Å². The highest BCUT2D eigenvalue weighted by atomic mass is 32.1. The topological polar surface area (TPSA) is 87.4 Å². The first-order chi connectivity index (χ1) is 11.2. The summed E-state index contributed by atoms with van der Waals surface area (Å²) < 4.78 is 0. The van der Waals surface area contributed by atoms with Crippen molar-refractivity contribution < 1.29 is 4.92 Å². The van der Waals surface area contributed by atoms with Gasteiger partial charge in [-0.2, -0.15) is 0 Å². The summed E-state index contributed by atoms with van der Waals surface area (Å²) in [4.78, 5) is 24.6. The Morgan fingerprint density at radius 3 is 2.83 bits per heavy atom. The molecule has 23 heavy (non-hydrogen) atoms. The van der Waals surface area contributed by atoms with Gasteiger partial charge in [0.1, 0.15) is 17.0 Å². The Bertz CT molecular complexity index is 721. The van der Waals surface area contributed by atoms with Crippen molar-refractivity contribution in [1.29, 1.82) is 0 Å². The fourth-order valence-electron chi connectivity index (χ4n) is 3.42. The average Bonchev–Trinajstić information content (AvgIpc) is 3.24. The van der Waals surface area contributed by atoms with E-state index in [1.807, 2.05) is 0 Å².